The maximum Gasteiger partial charge on any atom is 2.00 e. The Morgan fingerprint density at radius 3 is 0.909 bits per heavy atom. The van der Waals surface area contributed by atoms with Gasteiger partial charge < -0.3 is 0 Å². The molecular weight excluding hydrogens is 399 g/mol. The van der Waals surface area contributed by atoms with E-state index >= 15 is 0 Å². The second-order valence-corrected chi connectivity index (χ2v) is 4.27. The topological polar surface area (TPSA) is 0 Å². The van der Waals surface area contributed by atoms with E-state index in [1.165, 1.54) is 11.1 Å². The first kappa shape index (κ1) is 20.5. The van der Waals surface area contributed by atoms with E-state index in [-0.39, 0.29) is 36.5 Å². The third kappa shape index (κ3) is 8.10. The van der Waals surface area contributed by atoms with Gasteiger partial charge >= 0.3 is 36.5 Å². The van der Waals surface area contributed by atoms with Gasteiger partial charge in [-0.15, -0.1) is 0 Å². The average Bonchev–Trinajstić information content (AvgIpc) is 3.35. The van der Waals surface area contributed by atoms with E-state index in [2.05, 4.69) is 48.5 Å². The van der Waals surface area contributed by atoms with Gasteiger partial charge in [-0.05, 0) is 0 Å². The first-order valence-corrected chi connectivity index (χ1v) is 6.74. The molecule has 0 saturated carbocycles. The van der Waals surface area contributed by atoms with E-state index in [1.807, 2.05) is 60.7 Å². The number of hydrogen-bond donors (Lipinski definition) is 0. The molecule has 2 heteroatoms. The molecule has 0 atom stereocenters. The van der Waals surface area contributed by atoms with Crippen LogP contribution in [0.2, 0.25) is 0 Å². The van der Waals surface area contributed by atoms with Crippen LogP contribution in [0.4, 0.5) is 0 Å². The molecule has 0 spiro atoms. The molecule has 0 aromatic heterocycles. The van der Waals surface area contributed by atoms with Crippen molar-refractivity contribution >= 4 is 0 Å². The van der Waals surface area contributed by atoms with Crippen molar-refractivity contribution < 1.29 is 36.5 Å². The number of rotatable bonds is 1. The Morgan fingerprint density at radius 2 is 0.727 bits per heavy atom. The second kappa shape index (κ2) is 13.2. The SMILES string of the molecule is [Fe+2].[Rh+2].c1cc[c-](-[c-]2cccc2)c1.c1cc[cH-]c1.c1cc[cH-]c1. The summed E-state index contributed by atoms with van der Waals surface area (Å²) in [6.07, 6.45) is 0. The van der Waals surface area contributed by atoms with Gasteiger partial charge in [0.05, 0.1) is 0 Å². The van der Waals surface area contributed by atoms with E-state index < -0.39 is 0 Å². The summed E-state index contributed by atoms with van der Waals surface area (Å²) in [6, 6.07) is 36.7. The van der Waals surface area contributed by atoms with Crippen LogP contribution >= 0.6 is 0 Å². The molecule has 0 aliphatic heterocycles. The minimum Gasteiger partial charge on any atom is -0.214 e. The maximum atomic E-state index is 2.12. The van der Waals surface area contributed by atoms with Gasteiger partial charge in [-0.2, -0.15) is 96.1 Å². The Bertz CT molecular complexity index is 507. The molecule has 0 N–H and O–H groups in total. The monoisotopic (exact) mass is 417 g/mol. The molecule has 0 aliphatic rings. The van der Waals surface area contributed by atoms with Crippen molar-refractivity contribution in [3.63, 3.8) is 0 Å². The summed E-state index contributed by atoms with van der Waals surface area (Å²) in [5, 5.41) is 0. The van der Waals surface area contributed by atoms with Crippen LogP contribution in [0.3, 0.4) is 0 Å². The molecule has 0 amide bonds. The molecule has 0 heterocycles. The molecule has 22 heavy (non-hydrogen) atoms. The summed E-state index contributed by atoms with van der Waals surface area (Å²) in [5.41, 5.74) is 2.62. The normalized spacial score (nSPS) is 8.18. The Morgan fingerprint density at radius 1 is 0.455 bits per heavy atom. The Labute approximate surface area is 156 Å². The smallest absolute Gasteiger partial charge is 0.214 e. The van der Waals surface area contributed by atoms with Crippen LogP contribution in [0.1, 0.15) is 0 Å². The van der Waals surface area contributed by atoms with E-state index in [1.54, 1.807) is 0 Å². The summed E-state index contributed by atoms with van der Waals surface area (Å²) in [7, 11) is 0. The van der Waals surface area contributed by atoms with Crippen molar-refractivity contribution in [2.75, 3.05) is 0 Å². The standard InChI is InChI=1S/C10H8.2C5H5.Fe.Rh/c1-2-6-9(5-1)10-7-3-4-8-10;2*1-2-4-5-3-1;;/h1-8H;2*1-5H;;/q-2;2*-1;2*+2. The fourth-order valence-electron chi connectivity index (χ4n) is 1.77. The molecule has 4 aromatic carbocycles. The van der Waals surface area contributed by atoms with Crippen LogP contribution in [0.5, 0.6) is 0 Å². The van der Waals surface area contributed by atoms with Crippen molar-refractivity contribution in [1.82, 2.24) is 0 Å². The van der Waals surface area contributed by atoms with E-state index in [0.29, 0.717) is 0 Å². The zero-order valence-corrected chi connectivity index (χ0v) is 14.8. The molecule has 0 nitrogen and oxygen atoms in total. The van der Waals surface area contributed by atoms with Crippen molar-refractivity contribution in [2.24, 2.45) is 0 Å². The predicted octanol–water partition coefficient (Wildman–Crippen LogP) is 5.60. The second-order valence-electron chi connectivity index (χ2n) is 4.27. The molecule has 0 aliphatic carbocycles. The van der Waals surface area contributed by atoms with Crippen molar-refractivity contribution in [3.8, 4) is 11.1 Å². The first-order chi connectivity index (χ1) is 9.97. The third-order valence-electron chi connectivity index (χ3n) is 2.77. The molecule has 115 valence electrons. The Hall–Kier alpha value is -1.46. The van der Waals surface area contributed by atoms with Crippen LogP contribution in [0.25, 0.3) is 11.1 Å². The van der Waals surface area contributed by atoms with Gasteiger partial charge in [0.2, 0.25) is 0 Å². The quantitative estimate of drug-likeness (QED) is 0.280. The van der Waals surface area contributed by atoms with Crippen LogP contribution in [0, 0.1) is 0 Å². The first-order valence-electron chi connectivity index (χ1n) is 6.74. The van der Waals surface area contributed by atoms with Crippen molar-refractivity contribution in [2.45, 2.75) is 0 Å². The molecule has 1 radical (unpaired) electrons. The molecular formula is C20H18FeRh. The minimum atomic E-state index is 0. The zero-order valence-electron chi connectivity index (χ0n) is 12.1. The van der Waals surface area contributed by atoms with Crippen molar-refractivity contribution in [3.05, 3.63) is 109 Å². The summed E-state index contributed by atoms with van der Waals surface area (Å²) < 4.78 is 0. The summed E-state index contributed by atoms with van der Waals surface area (Å²) in [4.78, 5) is 0. The van der Waals surface area contributed by atoms with Gasteiger partial charge in [-0.1, -0.05) is 0 Å². The van der Waals surface area contributed by atoms with E-state index in [0.717, 1.165) is 0 Å². The van der Waals surface area contributed by atoms with E-state index in [9.17, 15) is 0 Å². The molecule has 0 saturated heterocycles. The zero-order chi connectivity index (χ0) is 13.9. The summed E-state index contributed by atoms with van der Waals surface area (Å²) in [6.45, 7) is 0. The predicted molar refractivity (Wildman–Crippen MR) is 87.1 cm³/mol. The van der Waals surface area contributed by atoms with Gasteiger partial charge in [0, 0.05) is 0 Å². The molecule has 4 rings (SSSR count). The largest absolute Gasteiger partial charge is 2.00 e. The maximum absolute atomic E-state index is 2.12. The Kier molecular flexibility index (Phi) is 12.3. The van der Waals surface area contributed by atoms with Gasteiger partial charge in [-0.25, -0.2) is 24.3 Å². The Balaban J connectivity index is 0.000000316. The van der Waals surface area contributed by atoms with Gasteiger partial charge in [0.15, 0.2) is 0 Å². The fourth-order valence-corrected chi connectivity index (χ4v) is 1.77. The van der Waals surface area contributed by atoms with Crippen molar-refractivity contribution in [1.29, 1.82) is 0 Å². The van der Waals surface area contributed by atoms with Crippen LogP contribution in [0.15, 0.2) is 109 Å². The van der Waals surface area contributed by atoms with Crippen LogP contribution in [-0.4, -0.2) is 0 Å². The van der Waals surface area contributed by atoms with Gasteiger partial charge in [0.1, 0.15) is 0 Å². The van der Waals surface area contributed by atoms with Gasteiger partial charge in [-0.3, -0.25) is 0 Å². The molecule has 0 unspecified atom stereocenters. The molecule has 4 aromatic rings. The van der Waals surface area contributed by atoms with Gasteiger partial charge in [0.25, 0.3) is 0 Å². The number of hydrogen-bond acceptors (Lipinski definition) is 0. The third-order valence-corrected chi connectivity index (χ3v) is 2.77. The van der Waals surface area contributed by atoms with Crippen LogP contribution in [-0.2, 0) is 36.5 Å². The molecule has 0 fully saturated rings. The minimum absolute atomic E-state index is 0. The summed E-state index contributed by atoms with van der Waals surface area (Å²) >= 11 is 0. The fraction of sp³-hybridized carbons (Fsp3) is 0. The van der Waals surface area contributed by atoms with E-state index in [4.69, 9.17) is 0 Å². The van der Waals surface area contributed by atoms with Crippen LogP contribution < -0.4 is 0 Å². The summed E-state index contributed by atoms with van der Waals surface area (Å²) in [5.74, 6) is 0. The molecule has 0 bridgehead atoms. The average molecular weight is 417 g/mol.